The van der Waals surface area contributed by atoms with Crippen molar-refractivity contribution < 1.29 is 4.79 Å². The Morgan fingerprint density at radius 3 is 2.77 bits per heavy atom. The van der Waals surface area contributed by atoms with Crippen LogP contribution in [0.4, 0.5) is 0 Å². The van der Waals surface area contributed by atoms with Gasteiger partial charge in [-0.2, -0.15) is 0 Å². The number of hydrogen-bond acceptors (Lipinski definition) is 2. The summed E-state index contributed by atoms with van der Waals surface area (Å²) in [4.78, 5) is 22.8. The summed E-state index contributed by atoms with van der Waals surface area (Å²) in [6, 6.07) is 12.2. The largest absolute Gasteiger partial charge is 0.348 e. The normalized spacial score (nSPS) is 17.5. The highest BCUT2D eigenvalue weighted by molar-refractivity contribution is 5.96. The fourth-order valence-corrected chi connectivity index (χ4v) is 4.01. The van der Waals surface area contributed by atoms with E-state index in [1.54, 1.807) is 6.20 Å². The fourth-order valence-electron chi connectivity index (χ4n) is 4.01. The van der Waals surface area contributed by atoms with E-state index in [4.69, 9.17) is 0 Å². The van der Waals surface area contributed by atoms with E-state index in [9.17, 15) is 4.79 Å². The quantitative estimate of drug-likeness (QED) is 0.782. The lowest BCUT2D eigenvalue weighted by atomic mass is 9.96. The molecule has 1 aliphatic heterocycles. The van der Waals surface area contributed by atoms with E-state index in [2.05, 4.69) is 33.6 Å². The second-order valence-corrected chi connectivity index (χ2v) is 7.02. The van der Waals surface area contributed by atoms with Crippen LogP contribution in [0.2, 0.25) is 0 Å². The predicted molar refractivity (Wildman–Crippen MR) is 102 cm³/mol. The summed E-state index contributed by atoms with van der Waals surface area (Å²) in [5, 5.41) is 0. The molecule has 1 atom stereocenters. The summed E-state index contributed by atoms with van der Waals surface area (Å²) in [5.41, 5.74) is 3.97. The lowest BCUT2D eigenvalue weighted by molar-refractivity contribution is 0.0704. The molecule has 5 heteroatoms. The molecule has 1 saturated heterocycles. The highest BCUT2D eigenvalue weighted by Crippen LogP contribution is 2.27. The van der Waals surface area contributed by atoms with E-state index >= 15 is 0 Å². The number of nitrogens with zero attached hydrogens (tertiary/aromatic N) is 3. The maximum absolute atomic E-state index is 13.2. The molecule has 1 amide bonds. The number of carbonyl (C=O) groups is 1. The Hall–Kier alpha value is -2.82. The van der Waals surface area contributed by atoms with Crippen LogP contribution in [-0.2, 0) is 0 Å². The summed E-state index contributed by atoms with van der Waals surface area (Å²) in [7, 11) is 0. The van der Waals surface area contributed by atoms with Crippen LogP contribution in [0.5, 0.6) is 0 Å². The van der Waals surface area contributed by atoms with Gasteiger partial charge in [-0.15, -0.1) is 0 Å². The molecule has 0 spiro atoms. The van der Waals surface area contributed by atoms with Gasteiger partial charge in [0.15, 0.2) is 0 Å². The summed E-state index contributed by atoms with van der Waals surface area (Å²) >= 11 is 0. The molecule has 3 heterocycles. The van der Waals surface area contributed by atoms with Crippen LogP contribution in [0.3, 0.4) is 0 Å². The fraction of sp³-hybridized carbons (Fsp3) is 0.333. The summed E-state index contributed by atoms with van der Waals surface area (Å²) < 4.78 is 2.15. The van der Waals surface area contributed by atoms with Crippen LogP contribution >= 0.6 is 0 Å². The van der Waals surface area contributed by atoms with E-state index in [1.807, 2.05) is 42.3 Å². The van der Waals surface area contributed by atoms with E-state index in [-0.39, 0.29) is 5.91 Å². The molecule has 5 nitrogen and oxygen atoms in total. The number of likely N-dealkylation sites (tertiary alicyclic amines) is 1. The average Bonchev–Trinajstić information content (AvgIpc) is 3.30. The lowest BCUT2D eigenvalue weighted by Gasteiger charge is -2.32. The van der Waals surface area contributed by atoms with Gasteiger partial charge in [0.05, 0.1) is 5.56 Å². The van der Waals surface area contributed by atoms with Crippen molar-refractivity contribution in [3.05, 3.63) is 71.6 Å². The zero-order chi connectivity index (χ0) is 18.1. The minimum absolute atomic E-state index is 0.122. The highest BCUT2D eigenvalue weighted by Gasteiger charge is 2.28. The predicted octanol–water partition coefficient (Wildman–Crippen LogP) is 3.84. The first kappa shape index (κ1) is 16.6. The van der Waals surface area contributed by atoms with Gasteiger partial charge in [-0.05, 0) is 44.9 Å². The van der Waals surface area contributed by atoms with E-state index in [1.165, 1.54) is 0 Å². The maximum atomic E-state index is 13.2. The maximum Gasteiger partial charge on any atom is 0.255 e. The highest BCUT2D eigenvalue weighted by atomic mass is 16.2. The number of H-pyrrole nitrogens is 1. The van der Waals surface area contributed by atoms with Gasteiger partial charge < -0.3 is 14.5 Å². The Bertz CT molecular complexity index is 896. The number of hydrogen-bond donors (Lipinski definition) is 1. The van der Waals surface area contributed by atoms with Crippen molar-refractivity contribution in [3.63, 3.8) is 0 Å². The average molecular weight is 348 g/mol. The molecule has 1 N–H and O–H groups in total. The van der Waals surface area contributed by atoms with Gasteiger partial charge in [0.1, 0.15) is 5.82 Å². The zero-order valence-electron chi connectivity index (χ0n) is 15.3. The van der Waals surface area contributed by atoms with Crippen LogP contribution in [-0.4, -0.2) is 38.4 Å². The van der Waals surface area contributed by atoms with E-state index < -0.39 is 0 Å². The van der Waals surface area contributed by atoms with Gasteiger partial charge in [0.25, 0.3) is 5.91 Å². The van der Waals surface area contributed by atoms with Crippen molar-refractivity contribution in [1.82, 2.24) is 19.4 Å². The molecule has 1 unspecified atom stereocenters. The molecule has 0 radical (unpaired) electrons. The van der Waals surface area contributed by atoms with Gasteiger partial charge in [-0.25, -0.2) is 4.98 Å². The van der Waals surface area contributed by atoms with Crippen LogP contribution in [0.25, 0.3) is 5.69 Å². The Balaban J connectivity index is 1.61. The molecule has 1 fully saturated rings. The Kier molecular flexibility index (Phi) is 4.37. The van der Waals surface area contributed by atoms with Crippen LogP contribution in [0.1, 0.15) is 46.3 Å². The van der Waals surface area contributed by atoms with E-state index in [0.29, 0.717) is 5.92 Å². The van der Waals surface area contributed by atoms with Crippen molar-refractivity contribution in [2.24, 2.45) is 0 Å². The number of amides is 1. The molecular weight excluding hydrogens is 324 g/mol. The molecule has 0 bridgehead atoms. The van der Waals surface area contributed by atoms with Crippen molar-refractivity contribution in [3.8, 4) is 5.69 Å². The molecule has 0 saturated carbocycles. The summed E-state index contributed by atoms with van der Waals surface area (Å²) in [6.45, 7) is 5.62. The Labute approximate surface area is 153 Å². The number of para-hydroxylation sites is 1. The number of rotatable bonds is 3. The van der Waals surface area contributed by atoms with Gasteiger partial charge in [0, 0.05) is 48.5 Å². The van der Waals surface area contributed by atoms with Crippen molar-refractivity contribution in [2.45, 2.75) is 32.6 Å². The minimum atomic E-state index is 0.122. The third kappa shape index (κ3) is 2.94. The second kappa shape index (κ2) is 6.83. The molecule has 1 aromatic carbocycles. The third-order valence-corrected chi connectivity index (χ3v) is 5.29. The number of piperidine rings is 1. The topological polar surface area (TPSA) is 53.9 Å². The van der Waals surface area contributed by atoms with Crippen LogP contribution in [0, 0.1) is 13.8 Å². The molecule has 1 aliphatic rings. The van der Waals surface area contributed by atoms with Gasteiger partial charge in [-0.1, -0.05) is 18.2 Å². The monoisotopic (exact) mass is 348 g/mol. The number of nitrogens with one attached hydrogen (secondary N) is 1. The first-order valence-corrected chi connectivity index (χ1v) is 9.18. The first-order valence-electron chi connectivity index (χ1n) is 9.18. The zero-order valence-corrected chi connectivity index (χ0v) is 15.3. The van der Waals surface area contributed by atoms with Gasteiger partial charge >= 0.3 is 0 Å². The second-order valence-electron chi connectivity index (χ2n) is 7.02. The molecule has 0 aliphatic carbocycles. The van der Waals surface area contributed by atoms with Crippen LogP contribution < -0.4 is 0 Å². The molecule has 4 rings (SSSR count). The molecule has 3 aromatic rings. The number of carbonyl (C=O) groups excluding carboxylic acids is 1. The number of aromatic amines is 1. The SMILES string of the molecule is Cc1cc(C(=O)N2CCCC(c3ncc[nH]3)C2)c(C)n1-c1ccccc1. The smallest absolute Gasteiger partial charge is 0.255 e. The number of aryl methyl sites for hydroxylation is 1. The first-order chi connectivity index (χ1) is 12.6. The standard InChI is InChI=1S/C21H24N4O/c1-15-13-19(16(2)25(15)18-8-4-3-5-9-18)21(26)24-12-6-7-17(14-24)20-22-10-11-23-20/h3-5,8-11,13,17H,6-7,12,14H2,1-2H3,(H,22,23). The summed E-state index contributed by atoms with van der Waals surface area (Å²) in [6.07, 6.45) is 5.71. The summed E-state index contributed by atoms with van der Waals surface area (Å²) in [5.74, 6) is 1.40. The Morgan fingerprint density at radius 2 is 2.04 bits per heavy atom. The van der Waals surface area contributed by atoms with Gasteiger partial charge in [0.2, 0.25) is 0 Å². The number of aromatic nitrogens is 3. The third-order valence-electron chi connectivity index (χ3n) is 5.29. The van der Waals surface area contributed by atoms with Gasteiger partial charge in [-0.3, -0.25) is 4.79 Å². The van der Waals surface area contributed by atoms with E-state index in [0.717, 1.165) is 54.4 Å². The van der Waals surface area contributed by atoms with Crippen molar-refractivity contribution >= 4 is 5.91 Å². The number of benzene rings is 1. The number of imidazole rings is 1. The Morgan fingerprint density at radius 1 is 1.23 bits per heavy atom. The minimum Gasteiger partial charge on any atom is -0.348 e. The molecule has 134 valence electrons. The van der Waals surface area contributed by atoms with Crippen molar-refractivity contribution in [1.29, 1.82) is 0 Å². The lowest BCUT2D eigenvalue weighted by Crippen LogP contribution is -2.39. The van der Waals surface area contributed by atoms with Crippen LogP contribution in [0.15, 0.2) is 48.8 Å². The van der Waals surface area contributed by atoms with Crippen molar-refractivity contribution in [2.75, 3.05) is 13.1 Å². The molecular formula is C21H24N4O. The molecule has 26 heavy (non-hydrogen) atoms. The molecule has 2 aromatic heterocycles.